The fraction of sp³-hybridized carbons (Fsp3) is 0.214. The van der Waals surface area contributed by atoms with E-state index in [1.54, 1.807) is 12.3 Å². The number of hydrogen-bond acceptors (Lipinski definition) is 4. The van der Waals surface area contributed by atoms with Gasteiger partial charge in [0.25, 0.3) is 0 Å². The summed E-state index contributed by atoms with van der Waals surface area (Å²) in [5.41, 5.74) is 1.47. The molecule has 21 heavy (non-hydrogen) atoms. The molecule has 1 heterocycles. The van der Waals surface area contributed by atoms with Crippen LogP contribution in [0.1, 0.15) is 5.56 Å². The molecule has 0 radical (unpaired) electrons. The van der Waals surface area contributed by atoms with Gasteiger partial charge in [0.05, 0.1) is 7.11 Å². The zero-order valence-electron chi connectivity index (χ0n) is 11.6. The molecule has 0 spiro atoms. The van der Waals surface area contributed by atoms with Crippen LogP contribution in [-0.2, 0) is 17.7 Å². The summed E-state index contributed by atoms with van der Waals surface area (Å²) in [6.07, 6.45) is 3.70. The first kappa shape index (κ1) is 15.3. The van der Waals surface area contributed by atoms with Crippen molar-refractivity contribution in [3.8, 4) is 5.75 Å². The maximum atomic E-state index is 11.5. The molecule has 1 aromatic carbocycles. The fourth-order valence-electron chi connectivity index (χ4n) is 2.00. The molecule has 2 N–H and O–H groups in total. The van der Waals surface area contributed by atoms with Gasteiger partial charge in [0, 0.05) is 23.9 Å². The summed E-state index contributed by atoms with van der Waals surface area (Å²) in [6.45, 7) is 0.306. The van der Waals surface area contributed by atoms with Gasteiger partial charge in [0.15, 0.2) is 11.4 Å². The van der Waals surface area contributed by atoms with E-state index in [4.69, 9.17) is 10.6 Å². The number of nitrogens with zero attached hydrogens (tertiary/aromatic N) is 2. The summed E-state index contributed by atoms with van der Waals surface area (Å²) >= 11 is -2.41. The van der Waals surface area contributed by atoms with Gasteiger partial charge >= 0.3 is 0 Å². The minimum Gasteiger partial charge on any atom is -0.755 e. The molecule has 1 aromatic heterocycles. The monoisotopic (exact) mass is 307 g/mol. The zero-order chi connectivity index (χ0) is 15.2. The molecule has 112 valence electrons. The van der Waals surface area contributed by atoms with Crippen molar-refractivity contribution in [3.63, 3.8) is 0 Å². The fourth-order valence-corrected chi connectivity index (χ4v) is 2.54. The smallest absolute Gasteiger partial charge is 0.227 e. The molecule has 0 fully saturated rings. The lowest BCUT2D eigenvalue weighted by Gasteiger charge is -2.26. The van der Waals surface area contributed by atoms with Gasteiger partial charge in [-0.05, 0) is 12.0 Å². The lowest BCUT2D eigenvalue weighted by Crippen LogP contribution is -2.44. The number of methoxy groups -OCH3 is 1. The number of anilines is 1. The van der Waals surface area contributed by atoms with Gasteiger partial charge in [-0.2, -0.15) is 0 Å². The second-order valence-electron chi connectivity index (χ2n) is 4.40. The Morgan fingerprint density at radius 2 is 2.05 bits per heavy atom. The van der Waals surface area contributed by atoms with Crippen molar-refractivity contribution in [2.75, 3.05) is 23.8 Å². The molecule has 0 aliphatic carbocycles. The number of ether oxygens (including phenoxy) is 1. The molecule has 0 aliphatic rings. The first-order valence-corrected chi connectivity index (χ1v) is 7.40. The van der Waals surface area contributed by atoms with Gasteiger partial charge in [-0.25, -0.2) is 5.84 Å². The number of nitrogen functional groups attached to an aromatic ring is 1. The Kier molecular flexibility index (Phi) is 5.13. The Balaban J connectivity index is 2.23. The summed E-state index contributed by atoms with van der Waals surface area (Å²) in [6, 6.07) is 11.3. The average molecular weight is 307 g/mol. The summed E-state index contributed by atoms with van der Waals surface area (Å²) in [7, 11) is 1.49. The van der Waals surface area contributed by atoms with Crippen LogP contribution in [-0.4, -0.2) is 22.4 Å². The predicted octanol–water partition coefficient (Wildman–Crippen LogP) is 0.540. The van der Waals surface area contributed by atoms with Gasteiger partial charge in [-0.1, -0.05) is 35.0 Å². The van der Waals surface area contributed by atoms with Crippen LogP contribution < -0.4 is 19.6 Å². The number of rotatable bonds is 6. The summed E-state index contributed by atoms with van der Waals surface area (Å²) < 4.78 is 30.8. The molecule has 2 aromatic rings. The molecule has 0 bridgehead atoms. The van der Waals surface area contributed by atoms with Crippen LogP contribution in [0.2, 0.25) is 0 Å². The summed E-state index contributed by atoms with van der Waals surface area (Å²) in [5, 5.41) is 0. The number of nitrogens with two attached hydrogens (primary N) is 1. The second-order valence-corrected chi connectivity index (χ2v) is 5.28. The van der Waals surface area contributed by atoms with Crippen molar-refractivity contribution in [1.29, 1.82) is 0 Å². The van der Waals surface area contributed by atoms with Gasteiger partial charge in [-0.3, -0.25) is 8.51 Å². The van der Waals surface area contributed by atoms with Gasteiger partial charge < -0.3 is 9.29 Å². The number of aromatic nitrogens is 1. The van der Waals surface area contributed by atoms with E-state index in [0.717, 1.165) is 5.56 Å². The maximum absolute atomic E-state index is 11.5. The molecule has 7 heteroatoms. The number of pyridine rings is 1. The minimum atomic E-state index is -2.41. The Morgan fingerprint density at radius 3 is 2.67 bits per heavy atom. The average Bonchev–Trinajstić information content (AvgIpc) is 2.48. The standard InChI is InChI=1S/C14H17N3O3S/c1-20-14-8-9-16(15)11-13(14)17(21(18)19)10-7-12-5-3-2-4-6-12/h2-6,8-9,11H,7,10,15H2,1H3. The largest absolute Gasteiger partial charge is 0.755 e. The minimum absolute atomic E-state index is 0.306. The van der Waals surface area contributed by atoms with E-state index >= 15 is 0 Å². The van der Waals surface area contributed by atoms with Crippen LogP contribution in [0.25, 0.3) is 0 Å². The van der Waals surface area contributed by atoms with Crippen molar-refractivity contribution >= 4 is 17.0 Å². The van der Waals surface area contributed by atoms with Crippen LogP contribution in [0.3, 0.4) is 0 Å². The van der Waals surface area contributed by atoms with E-state index in [1.807, 2.05) is 30.3 Å². The third-order valence-electron chi connectivity index (χ3n) is 3.04. The van der Waals surface area contributed by atoms with E-state index in [9.17, 15) is 8.76 Å². The van der Waals surface area contributed by atoms with Crippen LogP contribution in [0, 0.1) is 0 Å². The molecule has 0 saturated heterocycles. The quantitative estimate of drug-likeness (QED) is 0.480. The van der Waals surface area contributed by atoms with Crippen molar-refractivity contribution < 1.29 is 18.2 Å². The van der Waals surface area contributed by atoms with Crippen molar-refractivity contribution in [2.45, 2.75) is 6.42 Å². The van der Waals surface area contributed by atoms with E-state index in [1.165, 1.54) is 22.3 Å². The Labute approximate surface area is 126 Å². The van der Waals surface area contributed by atoms with Crippen molar-refractivity contribution in [2.24, 2.45) is 0 Å². The van der Waals surface area contributed by atoms with Crippen LogP contribution in [0.5, 0.6) is 5.75 Å². The molecule has 1 unspecified atom stereocenters. The first-order valence-electron chi connectivity index (χ1n) is 6.37. The SMILES string of the molecule is COc1cc[n+](N)cc1N(CCc1ccccc1)S(=O)[O-]. The Hall–Kier alpha value is -2.12. The molecular formula is C14H17N3O3S. The third kappa shape index (κ3) is 3.93. The molecule has 0 amide bonds. The highest BCUT2D eigenvalue weighted by atomic mass is 32.2. The highest BCUT2D eigenvalue weighted by Crippen LogP contribution is 2.26. The lowest BCUT2D eigenvalue weighted by atomic mass is 10.1. The molecule has 2 rings (SSSR count). The maximum Gasteiger partial charge on any atom is 0.227 e. The van der Waals surface area contributed by atoms with E-state index in [-0.39, 0.29) is 0 Å². The number of benzene rings is 1. The summed E-state index contributed by atoms with van der Waals surface area (Å²) in [5.74, 6) is 6.11. The molecule has 1 atom stereocenters. The summed E-state index contributed by atoms with van der Waals surface area (Å²) in [4.78, 5) is 0. The zero-order valence-corrected chi connectivity index (χ0v) is 12.5. The van der Waals surface area contributed by atoms with Crippen molar-refractivity contribution in [1.82, 2.24) is 0 Å². The topological polar surface area (TPSA) is 82.5 Å². The highest BCUT2D eigenvalue weighted by molar-refractivity contribution is 7.80. The Morgan fingerprint density at radius 1 is 1.33 bits per heavy atom. The van der Waals surface area contributed by atoms with Crippen molar-refractivity contribution in [3.05, 3.63) is 54.4 Å². The number of hydrogen-bond donors (Lipinski definition) is 1. The Bertz CT molecular complexity index is 622. The predicted molar refractivity (Wildman–Crippen MR) is 79.8 cm³/mol. The normalized spacial score (nSPS) is 11.9. The molecule has 6 nitrogen and oxygen atoms in total. The van der Waals surface area contributed by atoms with E-state index < -0.39 is 11.3 Å². The van der Waals surface area contributed by atoms with Gasteiger partial charge in [-0.15, -0.1) is 0 Å². The molecular weight excluding hydrogens is 290 g/mol. The van der Waals surface area contributed by atoms with E-state index in [0.29, 0.717) is 24.4 Å². The van der Waals surface area contributed by atoms with Gasteiger partial charge in [0.2, 0.25) is 12.4 Å². The highest BCUT2D eigenvalue weighted by Gasteiger charge is 2.17. The van der Waals surface area contributed by atoms with Crippen LogP contribution >= 0.6 is 0 Å². The third-order valence-corrected chi connectivity index (χ3v) is 3.78. The van der Waals surface area contributed by atoms with E-state index in [2.05, 4.69) is 0 Å². The molecule has 0 aliphatic heterocycles. The van der Waals surface area contributed by atoms with Crippen LogP contribution in [0.15, 0.2) is 48.8 Å². The van der Waals surface area contributed by atoms with Crippen LogP contribution in [0.4, 0.5) is 5.69 Å². The first-order chi connectivity index (χ1) is 10.1. The van der Waals surface area contributed by atoms with Gasteiger partial charge in [0.1, 0.15) is 0 Å². The second kappa shape index (κ2) is 7.05. The lowest BCUT2D eigenvalue weighted by molar-refractivity contribution is -0.638. The molecule has 0 saturated carbocycles.